The first-order valence-corrected chi connectivity index (χ1v) is 7.30. The van der Waals surface area contributed by atoms with Crippen molar-refractivity contribution in [2.24, 2.45) is 0 Å². The van der Waals surface area contributed by atoms with E-state index in [1.165, 1.54) is 13.2 Å². The first kappa shape index (κ1) is 15.7. The standard InChI is InChI=1S/C18H17NO5/c1-21-13-4-5-14(17(10-13)22-2)15(20)7-8-19-12-3-6-16-18(9-12)24-11-23-16/h3-10,19H,11H2,1-2H3/b8-7-. The molecule has 0 fully saturated rings. The van der Waals surface area contributed by atoms with Crippen LogP contribution in [-0.2, 0) is 0 Å². The molecule has 0 amide bonds. The number of carbonyl (C=O) groups is 1. The molecular weight excluding hydrogens is 310 g/mol. The molecule has 0 saturated carbocycles. The summed E-state index contributed by atoms with van der Waals surface area (Å²) in [6.07, 6.45) is 3.01. The van der Waals surface area contributed by atoms with Gasteiger partial charge in [-0.25, -0.2) is 0 Å². The third kappa shape index (κ3) is 3.27. The highest BCUT2D eigenvalue weighted by atomic mass is 16.7. The summed E-state index contributed by atoms with van der Waals surface area (Å²) in [4.78, 5) is 12.3. The number of anilines is 1. The molecule has 0 atom stereocenters. The zero-order valence-corrected chi connectivity index (χ0v) is 13.4. The van der Waals surface area contributed by atoms with Crippen molar-refractivity contribution < 1.29 is 23.7 Å². The number of hydrogen-bond acceptors (Lipinski definition) is 6. The smallest absolute Gasteiger partial charge is 0.231 e. The van der Waals surface area contributed by atoms with E-state index in [1.54, 1.807) is 31.5 Å². The zero-order chi connectivity index (χ0) is 16.9. The minimum absolute atomic E-state index is 0.178. The van der Waals surface area contributed by atoms with Crippen LogP contribution in [0.5, 0.6) is 23.0 Å². The number of hydrogen-bond donors (Lipinski definition) is 1. The fourth-order valence-electron chi connectivity index (χ4n) is 2.29. The van der Waals surface area contributed by atoms with Gasteiger partial charge in [0.05, 0.1) is 19.8 Å². The number of rotatable bonds is 6. The Hall–Kier alpha value is -3.15. The molecule has 2 aromatic carbocycles. The van der Waals surface area contributed by atoms with Crippen LogP contribution in [0.3, 0.4) is 0 Å². The third-order valence-electron chi connectivity index (χ3n) is 3.53. The normalized spacial score (nSPS) is 12.2. The Morgan fingerprint density at radius 2 is 1.92 bits per heavy atom. The first-order chi connectivity index (χ1) is 11.7. The highest BCUT2D eigenvalue weighted by molar-refractivity contribution is 6.06. The Balaban J connectivity index is 1.69. The number of fused-ring (bicyclic) bond motifs is 1. The van der Waals surface area contributed by atoms with E-state index in [2.05, 4.69) is 5.32 Å². The van der Waals surface area contributed by atoms with Crippen molar-refractivity contribution in [2.45, 2.75) is 0 Å². The largest absolute Gasteiger partial charge is 0.497 e. The molecule has 6 nitrogen and oxygen atoms in total. The van der Waals surface area contributed by atoms with E-state index < -0.39 is 0 Å². The first-order valence-electron chi connectivity index (χ1n) is 7.30. The number of ketones is 1. The highest BCUT2D eigenvalue weighted by Crippen LogP contribution is 2.34. The van der Waals surface area contributed by atoms with Gasteiger partial charge in [0.15, 0.2) is 17.3 Å². The molecule has 1 aliphatic rings. The molecular formula is C18H17NO5. The fraction of sp³-hybridized carbons (Fsp3) is 0.167. The maximum Gasteiger partial charge on any atom is 0.231 e. The molecule has 24 heavy (non-hydrogen) atoms. The van der Waals surface area contributed by atoms with Crippen LogP contribution in [0.1, 0.15) is 10.4 Å². The molecule has 124 valence electrons. The van der Waals surface area contributed by atoms with Gasteiger partial charge in [-0.15, -0.1) is 0 Å². The Bertz CT molecular complexity index is 785. The van der Waals surface area contributed by atoms with Crippen LogP contribution >= 0.6 is 0 Å². The monoisotopic (exact) mass is 327 g/mol. The van der Waals surface area contributed by atoms with Crippen molar-refractivity contribution in [3.05, 3.63) is 54.2 Å². The maximum atomic E-state index is 12.3. The van der Waals surface area contributed by atoms with Gasteiger partial charge in [-0.2, -0.15) is 0 Å². The summed E-state index contributed by atoms with van der Waals surface area (Å²) in [5.74, 6) is 2.31. The van der Waals surface area contributed by atoms with Crippen molar-refractivity contribution in [3.8, 4) is 23.0 Å². The van der Waals surface area contributed by atoms with Crippen LogP contribution in [0.25, 0.3) is 0 Å². The van der Waals surface area contributed by atoms with E-state index >= 15 is 0 Å². The van der Waals surface area contributed by atoms with Crippen LogP contribution in [-0.4, -0.2) is 26.8 Å². The van der Waals surface area contributed by atoms with Gasteiger partial charge in [-0.1, -0.05) is 0 Å². The predicted molar refractivity (Wildman–Crippen MR) is 89.2 cm³/mol. The van der Waals surface area contributed by atoms with Crippen LogP contribution < -0.4 is 24.3 Å². The van der Waals surface area contributed by atoms with Crippen LogP contribution in [0, 0.1) is 0 Å². The maximum absolute atomic E-state index is 12.3. The molecule has 0 spiro atoms. The lowest BCUT2D eigenvalue weighted by Gasteiger charge is -2.08. The Kier molecular flexibility index (Phi) is 4.56. The van der Waals surface area contributed by atoms with Crippen LogP contribution in [0.2, 0.25) is 0 Å². The molecule has 0 saturated heterocycles. The van der Waals surface area contributed by atoms with Crippen molar-refractivity contribution in [3.63, 3.8) is 0 Å². The molecule has 2 aromatic rings. The summed E-state index contributed by atoms with van der Waals surface area (Å²) in [7, 11) is 3.07. The van der Waals surface area contributed by atoms with Crippen molar-refractivity contribution in [1.29, 1.82) is 0 Å². The van der Waals surface area contributed by atoms with Crippen molar-refractivity contribution >= 4 is 11.5 Å². The van der Waals surface area contributed by atoms with E-state index in [0.717, 1.165) is 5.69 Å². The quantitative estimate of drug-likeness (QED) is 0.649. The minimum Gasteiger partial charge on any atom is -0.497 e. The van der Waals surface area contributed by atoms with Crippen molar-refractivity contribution in [2.75, 3.05) is 26.3 Å². The van der Waals surface area contributed by atoms with Crippen molar-refractivity contribution in [1.82, 2.24) is 0 Å². The molecule has 0 unspecified atom stereocenters. The highest BCUT2D eigenvalue weighted by Gasteiger charge is 2.13. The SMILES string of the molecule is COc1ccc(C(=O)/C=C\Nc2ccc3c(c2)OCO3)c(OC)c1. The van der Waals surface area contributed by atoms with Gasteiger partial charge < -0.3 is 24.3 Å². The molecule has 0 aliphatic carbocycles. The summed E-state index contributed by atoms with van der Waals surface area (Å²) >= 11 is 0. The Labute approximate surface area is 139 Å². The van der Waals surface area contributed by atoms with Gasteiger partial charge in [0.2, 0.25) is 6.79 Å². The Morgan fingerprint density at radius 1 is 1.08 bits per heavy atom. The summed E-state index contributed by atoms with van der Waals surface area (Å²) in [5.41, 5.74) is 1.26. The average Bonchev–Trinajstić information content (AvgIpc) is 3.08. The molecule has 0 radical (unpaired) electrons. The second-order valence-electron chi connectivity index (χ2n) is 4.98. The average molecular weight is 327 g/mol. The fourth-order valence-corrected chi connectivity index (χ4v) is 2.29. The number of ether oxygens (including phenoxy) is 4. The molecule has 3 rings (SSSR count). The van der Waals surface area contributed by atoms with E-state index in [4.69, 9.17) is 18.9 Å². The van der Waals surface area contributed by atoms with E-state index in [9.17, 15) is 4.79 Å². The lowest BCUT2D eigenvalue weighted by atomic mass is 10.1. The minimum atomic E-state index is -0.178. The molecule has 1 aliphatic heterocycles. The Morgan fingerprint density at radius 3 is 2.71 bits per heavy atom. The number of benzene rings is 2. The second-order valence-corrected chi connectivity index (χ2v) is 4.98. The predicted octanol–water partition coefficient (Wildman–Crippen LogP) is 3.24. The molecule has 0 bridgehead atoms. The van der Waals surface area contributed by atoms with E-state index in [0.29, 0.717) is 28.6 Å². The molecule has 1 heterocycles. The van der Waals surface area contributed by atoms with Crippen LogP contribution in [0.4, 0.5) is 5.69 Å². The third-order valence-corrected chi connectivity index (χ3v) is 3.53. The number of methoxy groups -OCH3 is 2. The number of carbonyl (C=O) groups excluding carboxylic acids is 1. The summed E-state index contributed by atoms with van der Waals surface area (Å²) in [6.45, 7) is 0.227. The van der Waals surface area contributed by atoms with Gasteiger partial charge in [0.25, 0.3) is 0 Å². The second kappa shape index (κ2) is 6.95. The van der Waals surface area contributed by atoms with Gasteiger partial charge in [-0.3, -0.25) is 4.79 Å². The lowest BCUT2D eigenvalue weighted by Crippen LogP contribution is -2.00. The lowest BCUT2D eigenvalue weighted by molar-refractivity contribution is 0.104. The summed E-state index contributed by atoms with van der Waals surface area (Å²) in [5, 5.41) is 3.03. The molecule has 6 heteroatoms. The molecule has 1 N–H and O–H groups in total. The summed E-state index contributed by atoms with van der Waals surface area (Å²) in [6, 6.07) is 10.5. The van der Waals surface area contributed by atoms with E-state index in [1.807, 2.05) is 18.2 Å². The van der Waals surface area contributed by atoms with Crippen LogP contribution in [0.15, 0.2) is 48.7 Å². The van der Waals surface area contributed by atoms with Gasteiger partial charge >= 0.3 is 0 Å². The summed E-state index contributed by atoms with van der Waals surface area (Å²) < 4.78 is 20.9. The zero-order valence-electron chi connectivity index (χ0n) is 13.4. The number of nitrogens with one attached hydrogen (secondary N) is 1. The van der Waals surface area contributed by atoms with E-state index in [-0.39, 0.29) is 12.6 Å². The topological polar surface area (TPSA) is 66.0 Å². The number of allylic oxidation sites excluding steroid dienone is 1. The van der Waals surface area contributed by atoms with Gasteiger partial charge in [0.1, 0.15) is 11.5 Å². The van der Waals surface area contributed by atoms with Gasteiger partial charge in [0, 0.05) is 30.1 Å². The molecule has 0 aromatic heterocycles. The van der Waals surface area contributed by atoms with Gasteiger partial charge in [-0.05, 0) is 24.3 Å².